The molecule has 0 saturated heterocycles. The van der Waals surface area contributed by atoms with Crippen LogP contribution in [0.15, 0.2) is 28.7 Å². The highest BCUT2D eigenvalue weighted by Crippen LogP contribution is 2.29. The molecule has 0 saturated carbocycles. The van der Waals surface area contributed by atoms with E-state index in [4.69, 9.17) is 5.73 Å². The Kier molecular flexibility index (Phi) is 2.52. The molecule has 0 atom stereocenters. The monoisotopic (exact) mass is 265 g/mol. The largest absolute Gasteiger partial charge is 0.383 e. The molecule has 4 heteroatoms. The molecular formula is C11H12BrN3. The summed E-state index contributed by atoms with van der Waals surface area (Å²) in [5.41, 5.74) is 9.04. The van der Waals surface area contributed by atoms with Crippen molar-refractivity contribution in [3.63, 3.8) is 0 Å². The number of nitrogen functional groups attached to an aromatic ring is 1. The number of rotatable bonds is 1. The van der Waals surface area contributed by atoms with Gasteiger partial charge in [0.05, 0.1) is 5.69 Å². The molecule has 0 spiro atoms. The van der Waals surface area contributed by atoms with E-state index < -0.39 is 0 Å². The highest BCUT2D eigenvalue weighted by Gasteiger charge is 2.11. The second-order valence-corrected chi connectivity index (χ2v) is 4.39. The Morgan fingerprint density at radius 3 is 2.33 bits per heavy atom. The summed E-state index contributed by atoms with van der Waals surface area (Å²) in [5.74, 6) is 0.704. The molecule has 15 heavy (non-hydrogen) atoms. The zero-order chi connectivity index (χ0) is 11.0. The van der Waals surface area contributed by atoms with E-state index in [0.29, 0.717) is 5.82 Å². The minimum Gasteiger partial charge on any atom is -0.383 e. The Hall–Kier alpha value is -1.29. The van der Waals surface area contributed by atoms with Crippen molar-refractivity contribution in [1.29, 1.82) is 0 Å². The first-order valence-electron chi connectivity index (χ1n) is 4.64. The molecule has 0 bridgehead atoms. The molecule has 3 nitrogen and oxygen atoms in total. The number of aromatic nitrogens is 2. The van der Waals surface area contributed by atoms with Gasteiger partial charge in [0.25, 0.3) is 0 Å². The molecule has 78 valence electrons. The quantitative estimate of drug-likeness (QED) is 0.862. The van der Waals surface area contributed by atoms with E-state index in [1.165, 1.54) is 0 Å². The van der Waals surface area contributed by atoms with E-state index in [2.05, 4.69) is 21.0 Å². The van der Waals surface area contributed by atoms with Crippen molar-refractivity contribution in [2.75, 3.05) is 5.73 Å². The van der Waals surface area contributed by atoms with Gasteiger partial charge in [0.2, 0.25) is 0 Å². The summed E-state index contributed by atoms with van der Waals surface area (Å²) in [6.45, 7) is 1.97. The zero-order valence-corrected chi connectivity index (χ0v) is 10.2. The van der Waals surface area contributed by atoms with Crippen LogP contribution in [0.25, 0.3) is 11.1 Å². The Morgan fingerprint density at radius 2 is 1.87 bits per heavy atom. The number of hydrogen-bond donors (Lipinski definition) is 1. The summed E-state index contributed by atoms with van der Waals surface area (Å²) in [6, 6.07) is 8.07. The summed E-state index contributed by atoms with van der Waals surface area (Å²) in [5, 5.41) is 4.29. The second-order valence-electron chi connectivity index (χ2n) is 3.48. The maximum absolute atomic E-state index is 5.96. The maximum Gasteiger partial charge on any atom is 0.129 e. The minimum atomic E-state index is 0.704. The van der Waals surface area contributed by atoms with Gasteiger partial charge in [-0.1, -0.05) is 28.1 Å². The van der Waals surface area contributed by atoms with Gasteiger partial charge in [0.1, 0.15) is 5.82 Å². The van der Waals surface area contributed by atoms with Gasteiger partial charge < -0.3 is 5.73 Å². The number of hydrogen-bond acceptors (Lipinski definition) is 2. The van der Waals surface area contributed by atoms with Gasteiger partial charge in [-0.25, -0.2) is 0 Å². The third kappa shape index (κ3) is 1.77. The lowest BCUT2D eigenvalue weighted by Crippen LogP contribution is -1.97. The molecule has 1 aromatic carbocycles. The van der Waals surface area contributed by atoms with Crippen molar-refractivity contribution >= 4 is 21.7 Å². The average Bonchev–Trinajstić information content (AvgIpc) is 2.44. The zero-order valence-electron chi connectivity index (χ0n) is 8.66. The molecule has 0 unspecified atom stereocenters. The van der Waals surface area contributed by atoms with Gasteiger partial charge in [-0.15, -0.1) is 0 Å². The van der Waals surface area contributed by atoms with Crippen LogP contribution in [-0.4, -0.2) is 9.78 Å². The van der Waals surface area contributed by atoms with Crippen molar-refractivity contribution in [3.05, 3.63) is 34.4 Å². The van der Waals surface area contributed by atoms with Crippen LogP contribution in [-0.2, 0) is 7.05 Å². The lowest BCUT2D eigenvalue weighted by Gasteiger charge is -2.01. The Bertz CT molecular complexity index is 485. The van der Waals surface area contributed by atoms with Crippen LogP contribution in [0.5, 0.6) is 0 Å². The van der Waals surface area contributed by atoms with Gasteiger partial charge in [0, 0.05) is 17.1 Å². The molecular weight excluding hydrogens is 254 g/mol. The Labute approximate surface area is 97.0 Å². The summed E-state index contributed by atoms with van der Waals surface area (Å²) in [4.78, 5) is 0. The van der Waals surface area contributed by atoms with E-state index in [9.17, 15) is 0 Å². The normalized spacial score (nSPS) is 10.6. The number of anilines is 1. The summed E-state index contributed by atoms with van der Waals surface area (Å²) < 4.78 is 2.76. The first-order chi connectivity index (χ1) is 7.09. The molecule has 2 N–H and O–H groups in total. The highest BCUT2D eigenvalue weighted by molar-refractivity contribution is 9.10. The molecule has 1 heterocycles. The smallest absolute Gasteiger partial charge is 0.129 e. The number of nitrogens with two attached hydrogens (primary N) is 1. The van der Waals surface area contributed by atoms with Gasteiger partial charge in [-0.2, -0.15) is 5.10 Å². The first-order valence-corrected chi connectivity index (χ1v) is 5.44. The number of aryl methyl sites for hydroxylation is 2. The number of nitrogens with zero attached hydrogens (tertiary/aromatic N) is 2. The molecule has 0 aliphatic carbocycles. The second kappa shape index (κ2) is 3.70. The van der Waals surface area contributed by atoms with E-state index in [1.807, 2.05) is 38.2 Å². The minimum absolute atomic E-state index is 0.704. The lowest BCUT2D eigenvalue weighted by atomic mass is 10.1. The third-order valence-corrected chi connectivity index (χ3v) is 2.93. The van der Waals surface area contributed by atoms with Gasteiger partial charge >= 0.3 is 0 Å². The van der Waals surface area contributed by atoms with Gasteiger partial charge in [-0.05, 0) is 24.6 Å². The van der Waals surface area contributed by atoms with Crippen LogP contribution in [0.4, 0.5) is 5.82 Å². The fourth-order valence-corrected chi connectivity index (χ4v) is 1.91. The molecule has 0 amide bonds. The fraction of sp³-hybridized carbons (Fsp3) is 0.182. The topological polar surface area (TPSA) is 43.8 Å². The average molecular weight is 266 g/mol. The number of benzene rings is 1. The van der Waals surface area contributed by atoms with Crippen LogP contribution in [0.3, 0.4) is 0 Å². The summed E-state index contributed by atoms with van der Waals surface area (Å²) in [6.07, 6.45) is 0. The predicted octanol–water partition coefficient (Wildman–Crippen LogP) is 2.74. The lowest BCUT2D eigenvalue weighted by molar-refractivity contribution is 0.767. The molecule has 0 aliphatic rings. The van der Waals surface area contributed by atoms with E-state index in [1.54, 1.807) is 4.68 Å². The molecule has 0 radical (unpaired) electrons. The molecule has 2 aromatic rings. The van der Waals surface area contributed by atoms with Crippen molar-refractivity contribution in [2.45, 2.75) is 6.92 Å². The summed E-state index contributed by atoms with van der Waals surface area (Å²) >= 11 is 3.41. The van der Waals surface area contributed by atoms with Crippen LogP contribution < -0.4 is 5.73 Å². The van der Waals surface area contributed by atoms with E-state index in [0.717, 1.165) is 21.3 Å². The SMILES string of the molecule is Cc1nn(C)c(N)c1-c1ccc(Br)cc1. The van der Waals surface area contributed by atoms with Crippen molar-refractivity contribution in [2.24, 2.45) is 7.05 Å². The molecule has 0 fully saturated rings. The van der Waals surface area contributed by atoms with Gasteiger partial charge in [0.15, 0.2) is 0 Å². The van der Waals surface area contributed by atoms with Crippen molar-refractivity contribution in [1.82, 2.24) is 9.78 Å². The fourth-order valence-electron chi connectivity index (χ4n) is 1.65. The first kappa shape index (κ1) is 10.2. The van der Waals surface area contributed by atoms with E-state index in [-0.39, 0.29) is 0 Å². The highest BCUT2D eigenvalue weighted by atomic mass is 79.9. The van der Waals surface area contributed by atoms with Crippen LogP contribution in [0, 0.1) is 6.92 Å². The van der Waals surface area contributed by atoms with Crippen molar-refractivity contribution < 1.29 is 0 Å². The molecule has 2 rings (SSSR count). The predicted molar refractivity (Wildman–Crippen MR) is 65.5 cm³/mol. The number of halogens is 1. The summed E-state index contributed by atoms with van der Waals surface area (Å²) in [7, 11) is 1.85. The van der Waals surface area contributed by atoms with Gasteiger partial charge in [-0.3, -0.25) is 4.68 Å². The third-order valence-electron chi connectivity index (χ3n) is 2.40. The van der Waals surface area contributed by atoms with Crippen LogP contribution >= 0.6 is 15.9 Å². The van der Waals surface area contributed by atoms with Crippen molar-refractivity contribution in [3.8, 4) is 11.1 Å². The van der Waals surface area contributed by atoms with Crippen LogP contribution in [0.2, 0.25) is 0 Å². The van der Waals surface area contributed by atoms with Crippen LogP contribution in [0.1, 0.15) is 5.69 Å². The molecule has 0 aliphatic heterocycles. The Morgan fingerprint density at radius 1 is 1.27 bits per heavy atom. The Balaban J connectivity index is 2.58. The van der Waals surface area contributed by atoms with E-state index >= 15 is 0 Å². The maximum atomic E-state index is 5.96. The standard InChI is InChI=1S/C11H12BrN3/c1-7-10(11(13)15(2)14-7)8-3-5-9(12)6-4-8/h3-6H,13H2,1-2H3. The molecule has 1 aromatic heterocycles.